The molecule has 1 atom stereocenters. The van der Waals surface area contributed by atoms with Gasteiger partial charge in [-0.2, -0.15) is 13.2 Å². The average molecular weight is 492 g/mol. The summed E-state index contributed by atoms with van der Waals surface area (Å²) in [7, 11) is 0. The Morgan fingerprint density at radius 1 is 1.17 bits per heavy atom. The van der Waals surface area contributed by atoms with Gasteiger partial charge in [0.15, 0.2) is 5.65 Å². The minimum absolute atomic E-state index is 0.0734. The van der Waals surface area contributed by atoms with Crippen LogP contribution in [0.1, 0.15) is 41.1 Å². The van der Waals surface area contributed by atoms with Crippen LogP contribution in [0.3, 0.4) is 0 Å². The summed E-state index contributed by atoms with van der Waals surface area (Å²) in [5, 5.41) is 18.6. The van der Waals surface area contributed by atoms with Crippen molar-refractivity contribution >= 4 is 23.4 Å². The van der Waals surface area contributed by atoms with Gasteiger partial charge in [-0.25, -0.2) is 4.79 Å². The van der Waals surface area contributed by atoms with E-state index >= 15 is 0 Å². The first-order chi connectivity index (χ1) is 16.6. The first-order valence-corrected chi connectivity index (χ1v) is 10.6. The smallest absolute Gasteiger partial charge is 0.475 e. The van der Waals surface area contributed by atoms with E-state index in [0.29, 0.717) is 30.7 Å². The van der Waals surface area contributed by atoms with Crippen LogP contribution >= 0.6 is 0 Å². The third kappa shape index (κ3) is 6.74. The van der Waals surface area contributed by atoms with Crippen LogP contribution in [0, 0.1) is 0 Å². The third-order valence-electron chi connectivity index (χ3n) is 5.32. The predicted molar refractivity (Wildman–Crippen MR) is 117 cm³/mol. The Labute approximate surface area is 197 Å². The number of fused-ring (bicyclic) bond motifs is 1. The number of aromatic nitrogens is 4. The minimum atomic E-state index is -5.08. The Kier molecular flexibility index (Phi) is 7.99. The van der Waals surface area contributed by atoms with E-state index in [1.54, 1.807) is 31.5 Å². The number of hydrogen-bond donors (Lipinski definition) is 2. The van der Waals surface area contributed by atoms with Gasteiger partial charge >= 0.3 is 12.1 Å². The monoisotopic (exact) mass is 492 g/mol. The highest BCUT2D eigenvalue weighted by Gasteiger charge is 2.38. The van der Waals surface area contributed by atoms with Gasteiger partial charge in [-0.1, -0.05) is 6.07 Å². The summed E-state index contributed by atoms with van der Waals surface area (Å²) in [5.74, 6) is -1.91. The molecule has 0 radical (unpaired) electrons. The van der Waals surface area contributed by atoms with Gasteiger partial charge in [0.2, 0.25) is 5.91 Å². The predicted octanol–water partition coefficient (Wildman–Crippen LogP) is 2.07. The molecule has 2 amide bonds. The summed E-state index contributed by atoms with van der Waals surface area (Å²) in [6, 6.07) is 9.28. The average Bonchev–Trinajstić information content (AvgIpc) is 3.46. The third-order valence-corrected chi connectivity index (χ3v) is 5.32. The molecule has 4 heterocycles. The number of hydrogen-bond acceptors (Lipinski definition) is 6. The van der Waals surface area contributed by atoms with Gasteiger partial charge in [-0.3, -0.25) is 19.0 Å². The number of halogens is 3. The van der Waals surface area contributed by atoms with Crippen molar-refractivity contribution < 1.29 is 32.7 Å². The zero-order valence-corrected chi connectivity index (χ0v) is 18.7. The van der Waals surface area contributed by atoms with Crippen LogP contribution in [0.15, 0.2) is 42.7 Å². The number of carbonyl (C=O) groups is 3. The van der Waals surface area contributed by atoms with Gasteiger partial charge in [-0.05, 0) is 30.7 Å². The van der Waals surface area contributed by atoms with E-state index in [2.05, 4.69) is 20.5 Å². The van der Waals surface area contributed by atoms with Crippen LogP contribution in [0.5, 0.6) is 0 Å². The van der Waals surface area contributed by atoms with Gasteiger partial charge in [0.25, 0.3) is 5.91 Å². The Bertz CT molecular complexity index is 1200. The SMILES string of the molecule is CC(=O)N1CCC(c2nnc3ccc(C(=O)NCCc4ccccn4)cn23)C1.O=C(O)C(F)(F)F. The van der Waals surface area contributed by atoms with Crippen LogP contribution in [-0.2, 0) is 16.0 Å². The standard InChI is InChI=1S/C20H22N6O2.C2HF3O2/c1-14(27)25-11-8-15(12-25)19-24-23-18-6-5-16(13-26(18)19)20(28)22-10-7-17-4-2-3-9-21-17;3-2(4,5)1(6)7/h2-6,9,13,15H,7-8,10-12H2,1H3,(H,22,28);(H,6,7). The van der Waals surface area contributed by atoms with Crippen LogP contribution in [0.2, 0.25) is 0 Å². The van der Waals surface area contributed by atoms with Crippen molar-refractivity contribution in [2.75, 3.05) is 19.6 Å². The summed E-state index contributed by atoms with van der Waals surface area (Å²) in [5.41, 5.74) is 2.19. The molecule has 1 aliphatic rings. The van der Waals surface area contributed by atoms with Crippen LogP contribution in [0.25, 0.3) is 5.65 Å². The molecule has 1 saturated heterocycles. The number of carboxylic acids is 1. The summed E-state index contributed by atoms with van der Waals surface area (Å²) in [4.78, 5) is 39.1. The number of carbonyl (C=O) groups excluding carboxylic acids is 2. The molecule has 35 heavy (non-hydrogen) atoms. The number of rotatable bonds is 5. The van der Waals surface area contributed by atoms with Crippen LogP contribution < -0.4 is 5.32 Å². The van der Waals surface area contributed by atoms with E-state index in [1.165, 1.54) is 0 Å². The number of pyridine rings is 2. The van der Waals surface area contributed by atoms with Crippen molar-refractivity contribution in [3.05, 3.63) is 59.8 Å². The van der Waals surface area contributed by atoms with E-state index in [-0.39, 0.29) is 17.7 Å². The second-order valence-electron chi connectivity index (χ2n) is 7.78. The second kappa shape index (κ2) is 10.9. The fourth-order valence-corrected chi connectivity index (χ4v) is 3.53. The molecule has 3 aromatic heterocycles. The molecule has 0 saturated carbocycles. The minimum Gasteiger partial charge on any atom is -0.475 e. The Hall–Kier alpha value is -4.03. The Balaban J connectivity index is 0.000000429. The molecule has 1 fully saturated rings. The highest BCUT2D eigenvalue weighted by molar-refractivity contribution is 5.94. The van der Waals surface area contributed by atoms with E-state index < -0.39 is 12.1 Å². The number of nitrogens with zero attached hydrogens (tertiary/aromatic N) is 5. The Morgan fingerprint density at radius 2 is 1.91 bits per heavy atom. The topological polar surface area (TPSA) is 130 Å². The molecule has 13 heteroatoms. The zero-order chi connectivity index (χ0) is 25.6. The molecule has 0 aromatic carbocycles. The molecule has 3 aromatic rings. The molecule has 2 N–H and O–H groups in total. The number of alkyl halides is 3. The van der Waals surface area contributed by atoms with Crippen molar-refractivity contribution in [1.29, 1.82) is 0 Å². The summed E-state index contributed by atoms with van der Waals surface area (Å²) in [6.07, 6.45) is -0.0390. The first-order valence-electron chi connectivity index (χ1n) is 10.6. The van der Waals surface area contributed by atoms with Gasteiger partial charge in [-0.15, -0.1) is 10.2 Å². The zero-order valence-electron chi connectivity index (χ0n) is 18.7. The lowest BCUT2D eigenvalue weighted by atomic mass is 10.1. The molecule has 1 unspecified atom stereocenters. The maximum absolute atomic E-state index is 12.5. The number of carboxylic acid groups (broad SMARTS) is 1. The van der Waals surface area contributed by atoms with Gasteiger partial charge in [0.1, 0.15) is 5.82 Å². The fourth-order valence-electron chi connectivity index (χ4n) is 3.53. The largest absolute Gasteiger partial charge is 0.490 e. The van der Waals surface area contributed by atoms with Crippen molar-refractivity contribution in [2.45, 2.75) is 31.9 Å². The van der Waals surface area contributed by atoms with E-state index in [0.717, 1.165) is 24.5 Å². The number of amides is 2. The Morgan fingerprint density at radius 3 is 2.51 bits per heavy atom. The molecule has 0 aliphatic carbocycles. The highest BCUT2D eigenvalue weighted by atomic mass is 19.4. The van der Waals surface area contributed by atoms with Gasteiger partial charge in [0, 0.05) is 57.0 Å². The molecule has 10 nitrogen and oxygen atoms in total. The summed E-state index contributed by atoms with van der Waals surface area (Å²) < 4.78 is 33.6. The quantitative estimate of drug-likeness (QED) is 0.558. The van der Waals surface area contributed by atoms with Crippen molar-refractivity contribution in [3.63, 3.8) is 0 Å². The molecule has 186 valence electrons. The maximum atomic E-state index is 12.5. The van der Waals surface area contributed by atoms with Crippen molar-refractivity contribution in [1.82, 2.24) is 29.8 Å². The molecule has 1 aliphatic heterocycles. The lowest BCUT2D eigenvalue weighted by Crippen LogP contribution is -2.26. The second-order valence-corrected chi connectivity index (χ2v) is 7.78. The maximum Gasteiger partial charge on any atom is 0.490 e. The van der Waals surface area contributed by atoms with E-state index in [4.69, 9.17) is 9.90 Å². The molecular weight excluding hydrogens is 469 g/mol. The number of likely N-dealkylation sites (tertiary alicyclic amines) is 1. The molecule has 0 bridgehead atoms. The summed E-state index contributed by atoms with van der Waals surface area (Å²) in [6.45, 7) is 3.45. The molecule has 4 rings (SSSR count). The lowest BCUT2D eigenvalue weighted by molar-refractivity contribution is -0.192. The highest BCUT2D eigenvalue weighted by Crippen LogP contribution is 2.26. The first kappa shape index (κ1) is 25.6. The fraction of sp³-hybridized carbons (Fsp3) is 0.364. The van der Waals surface area contributed by atoms with Gasteiger partial charge in [0.05, 0.1) is 5.56 Å². The van der Waals surface area contributed by atoms with Crippen molar-refractivity contribution in [3.8, 4) is 0 Å². The van der Waals surface area contributed by atoms with Gasteiger partial charge < -0.3 is 15.3 Å². The van der Waals surface area contributed by atoms with E-state index in [9.17, 15) is 22.8 Å². The molecule has 0 spiro atoms. The normalized spacial score (nSPS) is 15.4. The number of aliphatic carboxylic acids is 1. The van der Waals surface area contributed by atoms with Crippen molar-refractivity contribution in [2.24, 2.45) is 0 Å². The van der Waals surface area contributed by atoms with Crippen LogP contribution in [-0.4, -0.2) is 73.2 Å². The van der Waals surface area contributed by atoms with Crippen LogP contribution in [0.4, 0.5) is 13.2 Å². The lowest BCUT2D eigenvalue weighted by Gasteiger charge is -2.13. The van der Waals surface area contributed by atoms with E-state index in [1.807, 2.05) is 27.5 Å². The molecular formula is C22H23F3N6O4. The number of nitrogens with one attached hydrogen (secondary N) is 1. The summed E-state index contributed by atoms with van der Waals surface area (Å²) >= 11 is 0.